The van der Waals surface area contributed by atoms with Crippen LogP contribution in [0.1, 0.15) is 53.1 Å². The molecule has 0 spiro atoms. The van der Waals surface area contributed by atoms with Crippen LogP contribution < -0.4 is 5.32 Å². The van der Waals surface area contributed by atoms with Crippen LogP contribution in [-0.2, 0) is 0 Å². The zero-order valence-corrected chi connectivity index (χ0v) is 12.0. The van der Waals surface area contributed by atoms with Crippen LogP contribution in [0, 0.1) is 26.7 Å². The Balaban J connectivity index is 1.97. The minimum absolute atomic E-state index is 0.0929. The molecule has 1 amide bonds. The summed E-state index contributed by atoms with van der Waals surface area (Å²) in [6.07, 6.45) is 3.79. The summed E-state index contributed by atoms with van der Waals surface area (Å²) in [4.78, 5) is 12.2. The molecule has 2 rings (SSSR count). The van der Waals surface area contributed by atoms with E-state index in [1.165, 1.54) is 0 Å². The minimum atomic E-state index is -0.276. The Morgan fingerprint density at radius 2 is 1.95 bits per heavy atom. The molecule has 1 saturated carbocycles. The molecule has 0 aromatic carbocycles. The molecule has 1 aromatic heterocycles. The first-order valence-electron chi connectivity index (χ1n) is 7.03. The summed E-state index contributed by atoms with van der Waals surface area (Å²) in [5.41, 5.74) is 1.54. The Labute approximate surface area is 114 Å². The van der Waals surface area contributed by atoms with Crippen molar-refractivity contribution in [3.63, 3.8) is 0 Å². The largest absolute Gasteiger partial charge is 0.466 e. The molecule has 2 N–H and O–H groups in total. The van der Waals surface area contributed by atoms with E-state index in [4.69, 9.17) is 4.42 Å². The summed E-state index contributed by atoms with van der Waals surface area (Å²) >= 11 is 0. The highest BCUT2D eigenvalue weighted by molar-refractivity contribution is 5.96. The van der Waals surface area contributed by atoms with Gasteiger partial charge in [-0.1, -0.05) is 12.8 Å². The van der Waals surface area contributed by atoms with Crippen LogP contribution in [-0.4, -0.2) is 23.7 Å². The zero-order chi connectivity index (χ0) is 14.0. The predicted molar refractivity (Wildman–Crippen MR) is 73.2 cm³/mol. The Kier molecular flexibility index (Phi) is 4.30. The molecule has 106 valence electrons. The van der Waals surface area contributed by atoms with Gasteiger partial charge in [0.2, 0.25) is 0 Å². The van der Waals surface area contributed by atoms with E-state index in [-0.39, 0.29) is 17.9 Å². The number of aryl methyl sites for hydroxylation is 2. The van der Waals surface area contributed by atoms with Crippen molar-refractivity contribution in [2.75, 3.05) is 6.54 Å². The molecule has 0 bridgehead atoms. The SMILES string of the molecule is Cc1oc(C)c(C(=O)NCC2CCCCC2O)c1C. The second kappa shape index (κ2) is 5.78. The molecular weight excluding hydrogens is 242 g/mol. The predicted octanol–water partition coefficient (Wildman–Crippen LogP) is 2.49. The fourth-order valence-electron chi connectivity index (χ4n) is 2.87. The lowest BCUT2D eigenvalue weighted by Gasteiger charge is -2.27. The molecule has 0 aliphatic heterocycles. The van der Waals surface area contributed by atoms with E-state index in [1.54, 1.807) is 0 Å². The fraction of sp³-hybridized carbons (Fsp3) is 0.667. The van der Waals surface area contributed by atoms with Gasteiger partial charge < -0.3 is 14.8 Å². The number of hydrogen-bond donors (Lipinski definition) is 2. The maximum absolute atomic E-state index is 12.2. The Hall–Kier alpha value is -1.29. The molecule has 1 aromatic rings. The number of carbonyl (C=O) groups excluding carboxylic acids is 1. The van der Waals surface area contributed by atoms with E-state index in [2.05, 4.69) is 5.32 Å². The lowest BCUT2D eigenvalue weighted by Crippen LogP contribution is -2.36. The van der Waals surface area contributed by atoms with Gasteiger partial charge in [-0.25, -0.2) is 0 Å². The number of hydrogen-bond acceptors (Lipinski definition) is 3. The standard InChI is InChI=1S/C15H23NO3/c1-9-10(2)19-11(3)14(9)15(18)16-8-12-6-4-5-7-13(12)17/h12-13,17H,4-8H2,1-3H3,(H,16,18). The molecule has 4 heteroatoms. The van der Waals surface area contributed by atoms with E-state index >= 15 is 0 Å². The van der Waals surface area contributed by atoms with Crippen molar-refractivity contribution in [1.29, 1.82) is 0 Å². The molecular formula is C15H23NO3. The third-order valence-electron chi connectivity index (χ3n) is 4.18. The van der Waals surface area contributed by atoms with Crippen molar-refractivity contribution in [3.8, 4) is 0 Å². The maximum atomic E-state index is 12.2. The lowest BCUT2D eigenvalue weighted by molar-refractivity contribution is 0.0662. The van der Waals surface area contributed by atoms with Crippen LogP contribution in [0.5, 0.6) is 0 Å². The van der Waals surface area contributed by atoms with Crippen molar-refractivity contribution in [3.05, 3.63) is 22.6 Å². The van der Waals surface area contributed by atoms with Crippen LogP contribution >= 0.6 is 0 Å². The first kappa shape index (κ1) is 14.1. The van der Waals surface area contributed by atoms with E-state index in [9.17, 15) is 9.90 Å². The fourth-order valence-corrected chi connectivity index (χ4v) is 2.87. The number of carbonyl (C=O) groups is 1. The molecule has 0 radical (unpaired) electrons. The number of furan rings is 1. The normalized spacial score (nSPS) is 23.4. The number of aliphatic hydroxyl groups is 1. The van der Waals surface area contributed by atoms with E-state index in [1.807, 2.05) is 20.8 Å². The van der Waals surface area contributed by atoms with Crippen molar-refractivity contribution in [1.82, 2.24) is 5.32 Å². The topological polar surface area (TPSA) is 62.5 Å². The number of aliphatic hydroxyl groups excluding tert-OH is 1. The molecule has 2 atom stereocenters. The van der Waals surface area contributed by atoms with Crippen molar-refractivity contribution in [2.45, 2.75) is 52.6 Å². The first-order valence-corrected chi connectivity index (χ1v) is 7.03. The summed E-state index contributed by atoms with van der Waals surface area (Å²) < 4.78 is 5.47. The maximum Gasteiger partial charge on any atom is 0.255 e. The second-order valence-electron chi connectivity index (χ2n) is 5.54. The summed E-state index contributed by atoms with van der Waals surface area (Å²) in [7, 11) is 0. The summed E-state index contributed by atoms with van der Waals surface area (Å²) in [5.74, 6) is 1.55. The van der Waals surface area contributed by atoms with Crippen LogP contribution in [0.25, 0.3) is 0 Å². The smallest absolute Gasteiger partial charge is 0.255 e. The third-order valence-corrected chi connectivity index (χ3v) is 4.18. The Morgan fingerprint density at radius 3 is 2.53 bits per heavy atom. The van der Waals surface area contributed by atoms with Gasteiger partial charge in [0.1, 0.15) is 11.5 Å². The molecule has 19 heavy (non-hydrogen) atoms. The van der Waals surface area contributed by atoms with Crippen LogP contribution in [0.2, 0.25) is 0 Å². The molecule has 0 saturated heterocycles. The molecule has 2 unspecified atom stereocenters. The molecule has 1 aliphatic rings. The van der Waals surface area contributed by atoms with Gasteiger partial charge in [0.25, 0.3) is 5.91 Å². The second-order valence-corrected chi connectivity index (χ2v) is 5.54. The van der Waals surface area contributed by atoms with E-state index < -0.39 is 0 Å². The van der Waals surface area contributed by atoms with Crippen molar-refractivity contribution >= 4 is 5.91 Å². The van der Waals surface area contributed by atoms with Crippen molar-refractivity contribution in [2.24, 2.45) is 5.92 Å². The molecule has 1 fully saturated rings. The average Bonchev–Trinajstić information content (AvgIpc) is 2.62. The van der Waals surface area contributed by atoms with Gasteiger partial charge in [0.15, 0.2) is 0 Å². The quantitative estimate of drug-likeness (QED) is 0.882. The van der Waals surface area contributed by atoms with Crippen LogP contribution in [0.4, 0.5) is 0 Å². The van der Waals surface area contributed by atoms with Crippen molar-refractivity contribution < 1.29 is 14.3 Å². The lowest BCUT2D eigenvalue weighted by atomic mass is 9.86. The summed E-state index contributed by atoms with van der Waals surface area (Å²) in [5, 5.41) is 12.8. The van der Waals surface area contributed by atoms with Gasteiger partial charge in [-0.2, -0.15) is 0 Å². The third kappa shape index (κ3) is 3.00. The van der Waals surface area contributed by atoms with Gasteiger partial charge in [0.05, 0.1) is 11.7 Å². The van der Waals surface area contributed by atoms with Gasteiger partial charge in [-0.05, 0) is 33.6 Å². The first-order chi connectivity index (χ1) is 9.00. The van der Waals surface area contributed by atoms with Gasteiger partial charge >= 0.3 is 0 Å². The molecule has 4 nitrogen and oxygen atoms in total. The van der Waals surface area contributed by atoms with E-state index in [0.29, 0.717) is 17.9 Å². The highest BCUT2D eigenvalue weighted by atomic mass is 16.3. The monoisotopic (exact) mass is 265 g/mol. The van der Waals surface area contributed by atoms with Crippen LogP contribution in [0.15, 0.2) is 4.42 Å². The number of nitrogens with one attached hydrogen (secondary N) is 1. The van der Waals surface area contributed by atoms with Crippen LogP contribution in [0.3, 0.4) is 0 Å². The highest BCUT2D eigenvalue weighted by Gasteiger charge is 2.25. The minimum Gasteiger partial charge on any atom is -0.466 e. The average molecular weight is 265 g/mol. The molecule has 1 aliphatic carbocycles. The zero-order valence-electron chi connectivity index (χ0n) is 12.0. The van der Waals surface area contributed by atoms with Gasteiger partial charge in [-0.3, -0.25) is 4.79 Å². The number of amides is 1. The number of rotatable bonds is 3. The summed E-state index contributed by atoms with van der Waals surface area (Å²) in [6.45, 7) is 6.12. The Bertz CT molecular complexity index is 464. The molecule has 1 heterocycles. The highest BCUT2D eigenvalue weighted by Crippen LogP contribution is 2.24. The van der Waals surface area contributed by atoms with Gasteiger partial charge in [-0.15, -0.1) is 0 Å². The Morgan fingerprint density at radius 1 is 1.26 bits per heavy atom. The summed E-state index contributed by atoms with van der Waals surface area (Å²) in [6, 6.07) is 0. The van der Waals surface area contributed by atoms with E-state index in [0.717, 1.165) is 37.0 Å². The van der Waals surface area contributed by atoms with Gasteiger partial charge in [0, 0.05) is 18.0 Å².